The van der Waals surface area contributed by atoms with Crippen molar-refractivity contribution in [2.45, 2.75) is 34.1 Å². The molecule has 216 valence electrons. The fourth-order valence-corrected chi connectivity index (χ4v) is 3.77. The number of aromatic nitrogens is 1. The number of esters is 1. The summed E-state index contributed by atoms with van der Waals surface area (Å²) >= 11 is 0. The monoisotopic (exact) mass is 563 g/mol. The van der Waals surface area contributed by atoms with E-state index in [1.165, 1.54) is 30.5 Å². The van der Waals surface area contributed by atoms with Gasteiger partial charge in [-0.1, -0.05) is 13.0 Å². The minimum Gasteiger partial charge on any atom is -0.508 e. The minimum atomic E-state index is -1.01. The number of benzene rings is 2. The van der Waals surface area contributed by atoms with E-state index in [2.05, 4.69) is 15.3 Å². The molecule has 41 heavy (non-hydrogen) atoms. The smallest absolute Gasteiger partial charge is 0.419 e. The number of hydrogen-bond acceptors (Lipinski definition) is 8. The summed E-state index contributed by atoms with van der Waals surface area (Å²) in [6.45, 7) is 6.87. The maximum Gasteiger partial charge on any atom is 0.419 e. The second kappa shape index (κ2) is 13.8. The van der Waals surface area contributed by atoms with Crippen LogP contribution >= 0.6 is 0 Å². The van der Waals surface area contributed by atoms with Gasteiger partial charge in [-0.15, -0.1) is 0 Å². The van der Waals surface area contributed by atoms with Gasteiger partial charge in [0.25, 0.3) is 11.8 Å². The summed E-state index contributed by atoms with van der Waals surface area (Å²) in [5, 5.41) is 12.1. The van der Waals surface area contributed by atoms with Crippen LogP contribution in [0.3, 0.4) is 0 Å². The first-order chi connectivity index (χ1) is 19.6. The van der Waals surface area contributed by atoms with Crippen molar-refractivity contribution in [1.29, 1.82) is 0 Å². The Bertz CT molecular complexity index is 1460. The minimum absolute atomic E-state index is 0.0147. The predicted molar refractivity (Wildman–Crippen MR) is 151 cm³/mol. The van der Waals surface area contributed by atoms with Gasteiger partial charge in [0.15, 0.2) is 0 Å². The van der Waals surface area contributed by atoms with E-state index in [0.29, 0.717) is 29.1 Å². The third-order valence-electron chi connectivity index (χ3n) is 6.13. The SMILES string of the molecule is CCCNC(=O)c1ccc(C)c(N=C(N)c2[nH]cc(C(=O)N(CC)C(=O)OCOC(=O)c3ccc(O)cc3)c2C)c1. The lowest BCUT2D eigenvalue weighted by Crippen LogP contribution is -2.37. The molecular formula is C29H33N5O7. The lowest BCUT2D eigenvalue weighted by Gasteiger charge is -2.18. The summed E-state index contributed by atoms with van der Waals surface area (Å²) in [7, 11) is 0. The normalized spacial score (nSPS) is 11.1. The number of aromatic amines is 1. The summed E-state index contributed by atoms with van der Waals surface area (Å²) in [6.07, 6.45) is 1.22. The number of phenolic OH excluding ortho intramolecular Hbond substituents is 1. The highest BCUT2D eigenvalue weighted by Gasteiger charge is 2.27. The molecule has 0 aliphatic carbocycles. The van der Waals surface area contributed by atoms with Crippen molar-refractivity contribution in [3.05, 3.63) is 82.2 Å². The number of aromatic hydroxyl groups is 1. The lowest BCUT2D eigenvalue weighted by molar-refractivity contribution is -0.0102. The zero-order valence-corrected chi connectivity index (χ0v) is 23.3. The van der Waals surface area contributed by atoms with Gasteiger partial charge in [0.05, 0.1) is 22.5 Å². The fraction of sp³-hybridized carbons (Fsp3) is 0.276. The van der Waals surface area contributed by atoms with E-state index in [0.717, 1.165) is 16.9 Å². The number of nitrogens with one attached hydrogen (secondary N) is 2. The number of carbonyl (C=O) groups is 4. The highest BCUT2D eigenvalue weighted by Crippen LogP contribution is 2.23. The highest BCUT2D eigenvalue weighted by molar-refractivity contribution is 6.07. The third kappa shape index (κ3) is 7.50. The van der Waals surface area contributed by atoms with E-state index >= 15 is 0 Å². The molecule has 1 heterocycles. The van der Waals surface area contributed by atoms with Gasteiger partial charge < -0.3 is 30.6 Å². The summed E-state index contributed by atoms with van der Waals surface area (Å²) < 4.78 is 9.90. The number of carbonyl (C=O) groups excluding carboxylic acids is 4. The molecule has 3 aromatic rings. The molecule has 0 aliphatic heterocycles. The Hall–Kier alpha value is -5.13. The topological polar surface area (TPSA) is 176 Å². The molecule has 0 unspecified atom stereocenters. The van der Waals surface area contributed by atoms with Crippen molar-refractivity contribution in [3.8, 4) is 5.75 Å². The first-order valence-electron chi connectivity index (χ1n) is 12.9. The van der Waals surface area contributed by atoms with Crippen molar-refractivity contribution in [1.82, 2.24) is 15.2 Å². The Balaban J connectivity index is 1.70. The summed E-state index contributed by atoms with van der Waals surface area (Å²) in [4.78, 5) is 58.5. The zero-order chi connectivity index (χ0) is 30.1. The average molecular weight is 564 g/mol. The van der Waals surface area contributed by atoms with E-state index in [1.807, 2.05) is 13.8 Å². The first kappa shape index (κ1) is 30.4. The molecule has 3 amide bonds. The quantitative estimate of drug-likeness (QED) is 0.124. The van der Waals surface area contributed by atoms with E-state index in [9.17, 15) is 24.3 Å². The number of ether oxygens (including phenoxy) is 2. The van der Waals surface area contributed by atoms with E-state index in [4.69, 9.17) is 15.2 Å². The van der Waals surface area contributed by atoms with E-state index in [-0.39, 0.29) is 35.2 Å². The van der Waals surface area contributed by atoms with Crippen molar-refractivity contribution in [2.75, 3.05) is 19.9 Å². The molecule has 0 atom stereocenters. The molecule has 0 spiro atoms. The largest absolute Gasteiger partial charge is 0.508 e. The number of hydrogen-bond donors (Lipinski definition) is 4. The van der Waals surface area contributed by atoms with Crippen molar-refractivity contribution < 1.29 is 33.8 Å². The van der Waals surface area contributed by atoms with Crippen LogP contribution in [0.1, 0.15) is 68.2 Å². The van der Waals surface area contributed by atoms with Gasteiger partial charge in [0.2, 0.25) is 6.79 Å². The Morgan fingerprint density at radius 1 is 1.02 bits per heavy atom. The maximum atomic E-state index is 13.2. The molecule has 12 nitrogen and oxygen atoms in total. The Morgan fingerprint density at radius 2 is 1.71 bits per heavy atom. The van der Waals surface area contributed by atoms with E-state index in [1.54, 1.807) is 32.0 Å². The van der Waals surface area contributed by atoms with E-state index < -0.39 is 24.8 Å². The van der Waals surface area contributed by atoms with Crippen LogP contribution in [0, 0.1) is 13.8 Å². The van der Waals surface area contributed by atoms with Crippen molar-refractivity contribution >= 4 is 35.4 Å². The fourth-order valence-electron chi connectivity index (χ4n) is 3.77. The molecule has 0 bridgehead atoms. The number of amides is 3. The molecule has 0 radical (unpaired) electrons. The van der Waals surface area contributed by atoms with Gasteiger partial charge in [-0.25, -0.2) is 19.5 Å². The van der Waals surface area contributed by atoms with Gasteiger partial charge >= 0.3 is 12.1 Å². The van der Waals surface area contributed by atoms with Crippen LogP contribution in [0.5, 0.6) is 5.75 Å². The van der Waals surface area contributed by atoms with Crippen molar-refractivity contribution in [2.24, 2.45) is 10.7 Å². The van der Waals surface area contributed by atoms with Crippen LogP contribution in [0.25, 0.3) is 0 Å². The summed E-state index contributed by atoms with van der Waals surface area (Å²) in [5.41, 5.74) is 9.16. The maximum absolute atomic E-state index is 13.2. The number of aryl methyl sites for hydroxylation is 1. The summed E-state index contributed by atoms with van der Waals surface area (Å²) in [6, 6.07) is 10.5. The zero-order valence-electron chi connectivity index (χ0n) is 23.3. The number of amidine groups is 1. The van der Waals surface area contributed by atoms with Gasteiger partial charge in [-0.2, -0.15) is 0 Å². The second-order valence-corrected chi connectivity index (χ2v) is 9.01. The molecule has 1 aromatic heterocycles. The Kier molecular flexibility index (Phi) is 10.2. The number of rotatable bonds is 10. The predicted octanol–water partition coefficient (Wildman–Crippen LogP) is 3.93. The summed E-state index contributed by atoms with van der Waals surface area (Å²) in [5.74, 6) is -1.57. The number of phenols is 1. The molecule has 3 rings (SSSR count). The van der Waals surface area contributed by atoms with Crippen LogP contribution < -0.4 is 11.1 Å². The lowest BCUT2D eigenvalue weighted by atomic mass is 10.1. The number of H-pyrrole nitrogens is 1. The molecule has 0 aliphatic rings. The van der Waals surface area contributed by atoms with Crippen LogP contribution in [0.4, 0.5) is 10.5 Å². The van der Waals surface area contributed by atoms with Crippen LogP contribution in [-0.4, -0.2) is 64.6 Å². The molecule has 5 N–H and O–H groups in total. The van der Waals surface area contributed by atoms with Gasteiger partial charge in [-0.3, -0.25) is 9.59 Å². The molecule has 0 saturated carbocycles. The Morgan fingerprint density at radius 3 is 2.37 bits per heavy atom. The molecular weight excluding hydrogens is 530 g/mol. The number of imide groups is 1. The van der Waals surface area contributed by atoms with Crippen molar-refractivity contribution in [3.63, 3.8) is 0 Å². The highest BCUT2D eigenvalue weighted by atomic mass is 16.7. The Labute approximate surface area is 237 Å². The average Bonchev–Trinajstić information content (AvgIpc) is 3.34. The molecule has 12 heteroatoms. The van der Waals surface area contributed by atoms with Gasteiger partial charge in [-0.05, 0) is 74.7 Å². The van der Waals surface area contributed by atoms with Crippen LogP contribution in [-0.2, 0) is 9.47 Å². The molecule has 0 saturated heterocycles. The number of nitrogens with zero attached hydrogens (tertiary/aromatic N) is 2. The van der Waals surface area contributed by atoms with Crippen LogP contribution in [0.2, 0.25) is 0 Å². The number of nitrogens with two attached hydrogens (primary N) is 1. The third-order valence-corrected chi connectivity index (χ3v) is 6.13. The second-order valence-electron chi connectivity index (χ2n) is 9.01. The van der Waals surface area contributed by atoms with Gasteiger partial charge in [0, 0.05) is 24.8 Å². The number of aliphatic imine (C=N–C) groups is 1. The van der Waals surface area contributed by atoms with Crippen LogP contribution in [0.15, 0.2) is 53.7 Å². The first-order valence-corrected chi connectivity index (χ1v) is 12.9. The molecule has 0 fully saturated rings. The van der Waals surface area contributed by atoms with Gasteiger partial charge in [0.1, 0.15) is 11.6 Å². The molecule has 2 aromatic carbocycles. The standard InChI is InChI=1S/C29H33N5O7/c1-5-13-31-26(36)20-8-7-17(3)23(14-20)33-25(30)24-18(4)22(15-32-24)27(37)34(6-2)29(39)41-16-40-28(38)19-9-11-21(35)12-10-19/h7-12,14-15,32,35H,5-6,13,16H2,1-4H3,(H2,30,33)(H,31,36).